The number of hydrogen-bond acceptors (Lipinski definition) is 4. The molecule has 8 heteroatoms. The van der Waals surface area contributed by atoms with Gasteiger partial charge in [-0.25, -0.2) is 8.42 Å². The van der Waals surface area contributed by atoms with Crippen LogP contribution in [0.25, 0.3) is 0 Å². The van der Waals surface area contributed by atoms with Crippen LogP contribution in [0.3, 0.4) is 0 Å². The number of benzene rings is 1. The number of nitrogens with one attached hydrogen (secondary N) is 1. The Labute approximate surface area is 109 Å². The first-order valence-electron chi connectivity index (χ1n) is 4.98. The molecule has 0 atom stereocenters. The summed E-state index contributed by atoms with van der Waals surface area (Å²) in [4.78, 5) is 22.2. The Bertz CT molecular complexity index is 598. The quantitative estimate of drug-likeness (QED) is 0.776. The summed E-state index contributed by atoms with van der Waals surface area (Å²) in [6.45, 7) is -0.779. The molecule has 1 aliphatic heterocycles. The maximum Gasteiger partial charge on any atom is 0.245 e. The zero-order valence-corrected chi connectivity index (χ0v) is 10.7. The van der Waals surface area contributed by atoms with E-state index in [-0.39, 0.29) is 23.0 Å². The van der Waals surface area contributed by atoms with Gasteiger partial charge in [0.15, 0.2) is 0 Å². The van der Waals surface area contributed by atoms with Crippen LogP contribution in [0, 0.1) is 0 Å². The van der Waals surface area contributed by atoms with Crippen molar-refractivity contribution in [1.82, 2.24) is 9.62 Å². The highest BCUT2D eigenvalue weighted by Crippen LogP contribution is 2.24. The second-order valence-electron chi connectivity index (χ2n) is 3.67. The topological polar surface area (TPSA) is 83.6 Å². The van der Waals surface area contributed by atoms with Crippen LogP contribution in [0.5, 0.6) is 0 Å². The third-order valence-electron chi connectivity index (χ3n) is 2.37. The number of halogens is 1. The number of carbonyl (C=O) groups is 2. The van der Waals surface area contributed by atoms with Crippen molar-refractivity contribution in [3.05, 3.63) is 29.3 Å². The van der Waals surface area contributed by atoms with Gasteiger partial charge in [0.25, 0.3) is 0 Å². The summed E-state index contributed by atoms with van der Waals surface area (Å²) in [5.74, 6) is -1.30. The summed E-state index contributed by atoms with van der Waals surface area (Å²) >= 11 is 5.81. The maximum atomic E-state index is 12.2. The van der Waals surface area contributed by atoms with Crippen LogP contribution in [0.15, 0.2) is 29.2 Å². The molecule has 0 spiro atoms. The van der Waals surface area contributed by atoms with Crippen molar-refractivity contribution in [2.45, 2.75) is 4.90 Å². The van der Waals surface area contributed by atoms with Crippen molar-refractivity contribution in [3.63, 3.8) is 0 Å². The van der Waals surface area contributed by atoms with Gasteiger partial charge in [-0.3, -0.25) is 14.9 Å². The van der Waals surface area contributed by atoms with E-state index >= 15 is 0 Å². The van der Waals surface area contributed by atoms with Gasteiger partial charge in [0.05, 0.1) is 18.1 Å². The number of imide groups is 1. The van der Waals surface area contributed by atoms with E-state index in [9.17, 15) is 18.0 Å². The fraction of sp³-hybridized carbons (Fsp3) is 0.200. The maximum absolute atomic E-state index is 12.2. The lowest BCUT2D eigenvalue weighted by atomic mass is 10.4. The molecule has 0 radical (unpaired) electrons. The van der Waals surface area contributed by atoms with E-state index in [1.54, 1.807) is 6.07 Å². The summed E-state index contributed by atoms with van der Waals surface area (Å²) in [6, 6.07) is 5.87. The summed E-state index contributed by atoms with van der Waals surface area (Å²) in [7, 11) is -3.94. The van der Waals surface area contributed by atoms with Gasteiger partial charge >= 0.3 is 0 Å². The van der Waals surface area contributed by atoms with Gasteiger partial charge < -0.3 is 0 Å². The minimum absolute atomic E-state index is 0.0518. The van der Waals surface area contributed by atoms with Crippen molar-refractivity contribution in [3.8, 4) is 0 Å². The minimum atomic E-state index is -3.94. The zero-order chi connectivity index (χ0) is 13.3. The van der Waals surface area contributed by atoms with Crippen molar-refractivity contribution >= 4 is 33.4 Å². The molecule has 1 saturated heterocycles. The van der Waals surface area contributed by atoms with Gasteiger partial charge in [0.1, 0.15) is 4.90 Å². The van der Waals surface area contributed by atoms with Gasteiger partial charge in [-0.2, -0.15) is 4.31 Å². The van der Waals surface area contributed by atoms with Crippen LogP contribution in [0.2, 0.25) is 5.02 Å². The molecule has 1 aromatic rings. The Balaban J connectivity index is 2.40. The molecule has 1 aromatic carbocycles. The van der Waals surface area contributed by atoms with E-state index < -0.39 is 21.8 Å². The third kappa shape index (κ3) is 2.38. The number of hydrogen-bond donors (Lipinski definition) is 1. The largest absolute Gasteiger partial charge is 0.294 e. The van der Waals surface area contributed by atoms with E-state index in [1.807, 2.05) is 5.32 Å². The van der Waals surface area contributed by atoms with Crippen LogP contribution < -0.4 is 5.32 Å². The standard InChI is InChI=1S/C10H9ClN2O4S/c11-7-3-1-2-4-8(7)18(16,17)13-5-9(14)12-10(15)6-13/h1-4H,5-6H2,(H,12,14,15). The van der Waals surface area contributed by atoms with Crippen molar-refractivity contribution in [2.24, 2.45) is 0 Å². The molecular formula is C10H9ClN2O4S. The molecule has 1 fully saturated rings. The molecule has 0 aliphatic carbocycles. The molecule has 6 nitrogen and oxygen atoms in total. The van der Waals surface area contributed by atoms with Crippen LogP contribution in [0.1, 0.15) is 0 Å². The van der Waals surface area contributed by atoms with E-state index in [0.29, 0.717) is 0 Å². The summed E-state index contributed by atoms with van der Waals surface area (Å²) in [6.07, 6.45) is 0. The number of nitrogens with zero attached hydrogens (tertiary/aromatic N) is 1. The Morgan fingerprint density at radius 2 is 1.67 bits per heavy atom. The van der Waals surface area contributed by atoms with Crippen molar-refractivity contribution < 1.29 is 18.0 Å². The SMILES string of the molecule is O=C1CN(S(=O)(=O)c2ccccc2Cl)CC(=O)N1. The van der Waals surface area contributed by atoms with Gasteiger partial charge in [-0.05, 0) is 12.1 Å². The molecule has 0 unspecified atom stereocenters. The van der Waals surface area contributed by atoms with E-state index in [0.717, 1.165) is 4.31 Å². The number of piperazine rings is 1. The second-order valence-corrected chi connectivity index (χ2v) is 5.99. The minimum Gasteiger partial charge on any atom is -0.294 e. The van der Waals surface area contributed by atoms with E-state index in [2.05, 4.69) is 0 Å². The number of carbonyl (C=O) groups excluding carboxylic acids is 2. The molecular weight excluding hydrogens is 280 g/mol. The summed E-state index contributed by atoms with van der Waals surface area (Å²) < 4.78 is 25.2. The van der Waals surface area contributed by atoms with Gasteiger partial charge in [0, 0.05) is 0 Å². The molecule has 1 N–H and O–H groups in total. The predicted octanol–water partition coefficient (Wildman–Crippen LogP) is -0.0129. The normalized spacial score (nSPS) is 17.6. The molecule has 0 bridgehead atoms. The predicted molar refractivity (Wildman–Crippen MR) is 63.4 cm³/mol. The average molecular weight is 289 g/mol. The fourth-order valence-corrected chi connectivity index (χ4v) is 3.42. The lowest BCUT2D eigenvalue weighted by Crippen LogP contribution is -2.53. The molecule has 1 heterocycles. The van der Waals surface area contributed by atoms with Crippen LogP contribution in [0.4, 0.5) is 0 Å². The molecule has 2 amide bonds. The van der Waals surface area contributed by atoms with E-state index in [1.165, 1.54) is 18.2 Å². The van der Waals surface area contributed by atoms with Crippen LogP contribution in [-0.2, 0) is 19.6 Å². The molecule has 0 saturated carbocycles. The highest BCUT2D eigenvalue weighted by atomic mass is 35.5. The Morgan fingerprint density at radius 3 is 2.22 bits per heavy atom. The van der Waals surface area contributed by atoms with Gasteiger partial charge in [-0.1, -0.05) is 23.7 Å². The fourth-order valence-electron chi connectivity index (χ4n) is 1.57. The van der Waals surface area contributed by atoms with Gasteiger partial charge in [0.2, 0.25) is 21.8 Å². The molecule has 96 valence electrons. The number of sulfonamides is 1. The molecule has 2 rings (SSSR count). The second kappa shape index (κ2) is 4.68. The molecule has 1 aliphatic rings. The first-order chi connectivity index (χ1) is 8.41. The Kier molecular flexibility index (Phi) is 3.38. The lowest BCUT2D eigenvalue weighted by molar-refractivity contribution is -0.134. The first-order valence-corrected chi connectivity index (χ1v) is 6.80. The Hall–Kier alpha value is -1.44. The monoisotopic (exact) mass is 288 g/mol. The van der Waals surface area contributed by atoms with Crippen LogP contribution in [-0.4, -0.2) is 37.6 Å². The smallest absolute Gasteiger partial charge is 0.245 e. The highest BCUT2D eigenvalue weighted by Gasteiger charge is 2.33. The highest BCUT2D eigenvalue weighted by molar-refractivity contribution is 7.89. The number of rotatable bonds is 2. The van der Waals surface area contributed by atoms with Crippen molar-refractivity contribution in [1.29, 1.82) is 0 Å². The average Bonchev–Trinajstić information content (AvgIpc) is 2.28. The summed E-state index contributed by atoms with van der Waals surface area (Å²) in [5, 5.41) is 2.08. The first kappa shape index (κ1) is 13.0. The summed E-state index contributed by atoms with van der Waals surface area (Å²) in [5.41, 5.74) is 0. The third-order valence-corrected chi connectivity index (χ3v) is 4.66. The van der Waals surface area contributed by atoms with Gasteiger partial charge in [-0.15, -0.1) is 0 Å². The van der Waals surface area contributed by atoms with E-state index in [4.69, 9.17) is 11.6 Å². The molecule has 18 heavy (non-hydrogen) atoms. The zero-order valence-electron chi connectivity index (χ0n) is 9.09. The van der Waals surface area contributed by atoms with Crippen LogP contribution >= 0.6 is 11.6 Å². The Morgan fingerprint density at radius 1 is 1.11 bits per heavy atom. The van der Waals surface area contributed by atoms with Crippen molar-refractivity contribution in [2.75, 3.05) is 13.1 Å². The molecule has 0 aromatic heterocycles. The lowest BCUT2D eigenvalue weighted by Gasteiger charge is -2.25. The number of amides is 2.